The van der Waals surface area contributed by atoms with Gasteiger partial charge in [0, 0.05) is 11.1 Å². The highest BCUT2D eigenvalue weighted by atomic mass is 14.7. The van der Waals surface area contributed by atoms with E-state index in [1.54, 1.807) is 0 Å². The van der Waals surface area contributed by atoms with Crippen LogP contribution in [-0.4, -0.2) is 4.98 Å². The van der Waals surface area contributed by atoms with Crippen LogP contribution in [-0.2, 0) is 6.42 Å². The van der Waals surface area contributed by atoms with Crippen molar-refractivity contribution in [3.8, 4) is 0 Å². The first-order valence-corrected chi connectivity index (χ1v) is 4.52. The highest BCUT2D eigenvalue weighted by Crippen LogP contribution is 2.17. The Hall–Kier alpha value is -1.37. The first kappa shape index (κ1) is 8.24. The molecule has 0 fully saturated rings. The zero-order chi connectivity index (χ0) is 9.26. The van der Waals surface area contributed by atoms with Gasteiger partial charge in [0.25, 0.3) is 0 Å². The molecule has 1 heteroatoms. The van der Waals surface area contributed by atoms with Crippen LogP contribution in [0.5, 0.6) is 0 Å². The molecule has 1 radical (unpaired) electrons. The van der Waals surface area contributed by atoms with Gasteiger partial charge in [0.05, 0.1) is 5.52 Å². The van der Waals surface area contributed by atoms with Gasteiger partial charge >= 0.3 is 0 Å². The molecule has 0 atom stereocenters. The molecule has 0 bridgehead atoms. The van der Waals surface area contributed by atoms with E-state index in [1.165, 1.54) is 0 Å². The van der Waals surface area contributed by atoms with Gasteiger partial charge in [-0.2, -0.15) is 0 Å². The predicted octanol–water partition coefficient (Wildman–Crippen LogP) is 2.98. The minimum absolute atomic E-state index is 0.966. The number of hydrogen-bond acceptors (Lipinski definition) is 1. The molecule has 0 saturated carbocycles. The molecular weight excluding hydrogens is 158 g/mol. The Labute approximate surface area is 78.4 Å². The van der Waals surface area contributed by atoms with Crippen molar-refractivity contribution in [2.75, 3.05) is 0 Å². The van der Waals surface area contributed by atoms with Crippen molar-refractivity contribution < 1.29 is 0 Å². The first-order chi connectivity index (χ1) is 6.31. The molecule has 13 heavy (non-hydrogen) atoms. The molecule has 1 heterocycles. The van der Waals surface area contributed by atoms with E-state index in [0.29, 0.717) is 0 Å². The lowest BCUT2D eigenvalue weighted by Crippen LogP contribution is -1.90. The van der Waals surface area contributed by atoms with Gasteiger partial charge in [-0.05, 0) is 31.0 Å². The molecule has 0 aliphatic rings. The third-order valence-corrected chi connectivity index (χ3v) is 2.22. The minimum atomic E-state index is 0.966. The van der Waals surface area contributed by atoms with E-state index >= 15 is 0 Å². The van der Waals surface area contributed by atoms with Crippen LogP contribution in [0.4, 0.5) is 0 Å². The van der Waals surface area contributed by atoms with Crippen LogP contribution in [0.2, 0.25) is 0 Å². The van der Waals surface area contributed by atoms with Crippen LogP contribution in [0.15, 0.2) is 30.3 Å². The van der Waals surface area contributed by atoms with E-state index < -0.39 is 0 Å². The maximum atomic E-state index is 4.51. The molecule has 1 nitrogen and oxygen atoms in total. The zero-order valence-electron chi connectivity index (χ0n) is 7.75. The van der Waals surface area contributed by atoms with Crippen molar-refractivity contribution >= 4 is 10.9 Å². The highest BCUT2D eigenvalue weighted by Gasteiger charge is 1.99. The summed E-state index contributed by atoms with van der Waals surface area (Å²) >= 11 is 0. The molecule has 0 aliphatic carbocycles. The summed E-state index contributed by atoms with van der Waals surface area (Å²) in [5.41, 5.74) is 3.23. The largest absolute Gasteiger partial charge is 0.253 e. The molecule has 1 aromatic heterocycles. The molecule has 65 valence electrons. The lowest BCUT2D eigenvalue weighted by molar-refractivity contribution is 1.05. The van der Waals surface area contributed by atoms with E-state index in [4.69, 9.17) is 0 Å². The van der Waals surface area contributed by atoms with Gasteiger partial charge in [-0.15, -0.1) is 0 Å². The van der Waals surface area contributed by atoms with Crippen LogP contribution in [0.1, 0.15) is 18.2 Å². The third-order valence-electron chi connectivity index (χ3n) is 2.22. The predicted molar refractivity (Wildman–Crippen MR) is 55.6 cm³/mol. The quantitative estimate of drug-likeness (QED) is 0.641. The number of rotatable bonds is 1. The van der Waals surface area contributed by atoms with Crippen molar-refractivity contribution in [3.05, 3.63) is 48.5 Å². The van der Waals surface area contributed by atoms with Crippen LogP contribution < -0.4 is 0 Å². The van der Waals surface area contributed by atoms with Gasteiger partial charge in [-0.25, -0.2) is 0 Å². The molecule has 2 rings (SSSR count). The molecule has 0 aliphatic heterocycles. The van der Waals surface area contributed by atoms with Crippen LogP contribution in [0.3, 0.4) is 0 Å². The second kappa shape index (κ2) is 3.17. The molecule has 0 amide bonds. The van der Waals surface area contributed by atoms with Gasteiger partial charge in [0.15, 0.2) is 0 Å². The van der Waals surface area contributed by atoms with Crippen LogP contribution in [0, 0.1) is 6.92 Å². The van der Waals surface area contributed by atoms with Crippen LogP contribution in [0.25, 0.3) is 10.9 Å². The monoisotopic (exact) mass is 170 g/mol. The molecule has 0 unspecified atom stereocenters. The Morgan fingerprint density at radius 1 is 1.31 bits per heavy atom. The molecule has 0 saturated heterocycles. The maximum Gasteiger partial charge on any atom is 0.0708 e. The first-order valence-electron chi connectivity index (χ1n) is 4.52. The summed E-state index contributed by atoms with van der Waals surface area (Å²) in [6.45, 7) is 6.12. The lowest BCUT2D eigenvalue weighted by Gasteiger charge is -2.03. The standard InChI is InChI=1S/C12H12N/c1-3-10-8-9(2)11-6-4-5-7-12(11)13-10/h4-8H,2-3H2,1H3. The number of fused-ring (bicyclic) bond motifs is 1. The maximum absolute atomic E-state index is 4.51. The summed E-state index contributed by atoms with van der Waals surface area (Å²) in [5.74, 6) is 0. The summed E-state index contributed by atoms with van der Waals surface area (Å²) < 4.78 is 0. The zero-order valence-corrected chi connectivity index (χ0v) is 7.75. The van der Waals surface area contributed by atoms with Crippen LogP contribution >= 0.6 is 0 Å². The van der Waals surface area contributed by atoms with E-state index in [0.717, 1.165) is 28.6 Å². The van der Waals surface area contributed by atoms with Gasteiger partial charge in [-0.3, -0.25) is 4.98 Å². The molecular formula is C12H12N. The summed E-state index contributed by atoms with van der Waals surface area (Å²) in [7, 11) is 0. The average molecular weight is 170 g/mol. The van der Waals surface area contributed by atoms with Crippen molar-refractivity contribution in [1.29, 1.82) is 0 Å². The Balaban J connectivity index is 2.77. The summed E-state index contributed by atoms with van der Waals surface area (Å²) in [6.07, 6.45) is 0.966. The van der Waals surface area contributed by atoms with E-state index in [-0.39, 0.29) is 0 Å². The third kappa shape index (κ3) is 1.42. The summed E-state index contributed by atoms with van der Waals surface area (Å²) in [4.78, 5) is 4.51. The van der Waals surface area contributed by atoms with Gasteiger partial charge in [0.2, 0.25) is 0 Å². The topological polar surface area (TPSA) is 12.9 Å². The number of pyridine rings is 1. The molecule has 0 spiro atoms. The Morgan fingerprint density at radius 2 is 2.08 bits per heavy atom. The highest BCUT2D eigenvalue weighted by molar-refractivity contribution is 5.82. The van der Waals surface area contributed by atoms with Crippen molar-refractivity contribution in [3.63, 3.8) is 0 Å². The minimum Gasteiger partial charge on any atom is -0.253 e. The summed E-state index contributed by atoms with van der Waals surface area (Å²) in [5, 5.41) is 1.15. The molecule has 0 N–H and O–H groups in total. The normalized spacial score (nSPS) is 10.6. The van der Waals surface area contributed by atoms with E-state index in [1.807, 2.05) is 18.2 Å². The van der Waals surface area contributed by atoms with Crippen molar-refractivity contribution in [1.82, 2.24) is 4.98 Å². The Kier molecular flexibility index (Phi) is 2.01. The number of aromatic nitrogens is 1. The number of nitrogens with zero attached hydrogens (tertiary/aromatic N) is 1. The second-order valence-electron chi connectivity index (χ2n) is 3.14. The van der Waals surface area contributed by atoms with Gasteiger partial charge in [0.1, 0.15) is 0 Å². The van der Waals surface area contributed by atoms with Crippen molar-refractivity contribution in [2.45, 2.75) is 13.3 Å². The Morgan fingerprint density at radius 3 is 2.85 bits per heavy atom. The summed E-state index contributed by atoms with van der Waals surface area (Å²) in [6, 6.07) is 10.2. The number of aryl methyl sites for hydroxylation is 1. The van der Waals surface area contributed by atoms with E-state index in [2.05, 4.69) is 31.0 Å². The van der Waals surface area contributed by atoms with Gasteiger partial charge in [-0.1, -0.05) is 25.1 Å². The average Bonchev–Trinajstić information content (AvgIpc) is 2.18. The second-order valence-corrected chi connectivity index (χ2v) is 3.14. The van der Waals surface area contributed by atoms with Crippen molar-refractivity contribution in [2.24, 2.45) is 0 Å². The SMILES string of the molecule is [CH2]c1cc(CC)nc2ccccc12. The van der Waals surface area contributed by atoms with Gasteiger partial charge < -0.3 is 0 Å². The molecule has 1 aromatic carbocycles. The number of para-hydroxylation sites is 1. The fourth-order valence-electron chi connectivity index (χ4n) is 1.49. The Bertz CT molecular complexity index is 432. The smallest absolute Gasteiger partial charge is 0.0708 e. The molecule has 2 aromatic rings. The fraction of sp³-hybridized carbons (Fsp3) is 0.167. The number of hydrogen-bond donors (Lipinski definition) is 0. The number of benzene rings is 1. The lowest BCUT2D eigenvalue weighted by atomic mass is 10.1. The fourth-order valence-corrected chi connectivity index (χ4v) is 1.49. The van der Waals surface area contributed by atoms with E-state index in [9.17, 15) is 0 Å².